The van der Waals surface area contributed by atoms with Crippen LogP contribution in [0.25, 0.3) is 11.0 Å². The molecule has 0 aliphatic carbocycles. The number of benzene rings is 2. The lowest BCUT2D eigenvalue weighted by Crippen LogP contribution is -2.15. The van der Waals surface area contributed by atoms with Gasteiger partial charge >= 0.3 is 0 Å². The Bertz CT molecular complexity index is 829. The van der Waals surface area contributed by atoms with Crippen LogP contribution in [0.2, 0.25) is 0 Å². The third kappa shape index (κ3) is 2.96. The number of hydrogen-bond acceptors (Lipinski definition) is 3. The van der Waals surface area contributed by atoms with E-state index in [-0.39, 0.29) is 5.82 Å². The quantitative estimate of drug-likeness (QED) is 0.691. The minimum atomic E-state index is -0.570. The van der Waals surface area contributed by atoms with E-state index < -0.39 is 12.5 Å². The molecule has 1 heterocycles. The molecule has 0 saturated heterocycles. The summed E-state index contributed by atoms with van der Waals surface area (Å²) in [6.45, 7) is -0.570. The molecule has 0 spiro atoms. The van der Waals surface area contributed by atoms with E-state index in [9.17, 15) is 9.18 Å². The van der Waals surface area contributed by atoms with Crippen LogP contribution >= 0.6 is 0 Å². The van der Waals surface area contributed by atoms with Crippen molar-refractivity contribution in [1.82, 2.24) is 9.97 Å². The highest BCUT2D eigenvalue weighted by atomic mass is 19.1. The number of fused-ring (bicyclic) bond motifs is 1. The summed E-state index contributed by atoms with van der Waals surface area (Å²) in [6.07, 6.45) is 0.361. The predicted molar refractivity (Wildman–Crippen MR) is 81.0 cm³/mol. The first-order valence-corrected chi connectivity index (χ1v) is 6.78. The van der Waals surface area contributed by atoms with E-state index in [1.165, 1.54) is 6.07 Å². The number of nitrogens with one attached hydrogen (secondary N) is 2. The van der Waals surface area contributed by atoms with Crippen molar-refractivity contribution in [3.05, 3.63) is 59.7 Å². The average Bonchev–Trinajstić information content (AvgIpc) is 2.91. The summed E-state index contributed by atoms with van der Waals surface area (Å²) in [5.41, 5.74) is 2.60. The number of anilines is 1. The van der Waals surface area contributed by atoms with Crippen molar-refractivity contribution in [2.45, 2.75) is 6.42 Å². The monoisotopic (exact) mass is 299 g/mol. The molecule has 0 aliphatic rings. The summed E-state index contributed by atoms with van der Waals surface area (Å²) in [5, 5.41) is 11.3. The van der Waals surface area contributed by atoms with Gasteiger partial charge in [0, 0.05) is 12.1 Å². The van der Waals surface area contributed by atoms with Crippen LogP contribution < -0.4 is 5.32 Å². The Morgan fingerprint density at radius 3 is 2.86 bits per heavy atom. The van der Waals surface area contributed by atoms with Gasteiger partial charge < -0.3 is 15.4 Å². The molecule has 3 rings (SSSR count). The first-order chi connectivity index (χ1) is 10.7. The Balaban J connectivity index is 1.86. The predicted octanol–water partition coefficient (Wildman–Crippen LogP) is 2.22. The van der Waals surface area contributed by atoms with Crippen LogP contribution in [0.5, 0.6) is 0 Å². The standard InChI is InChI=1S/C16H14FN3O2/c17-12-4-2-1-3-10(12)7-15-19-13-6-5-11(8-14(13)20-15)18-16(22)9-21/h1-6,8,21H,7,9H2,(H,18,22)(H,19,20). The van der Waals surface area contributed by atoms with Gasteiger partial charge in [0.2, 0.25) is 5.91 Å². The summed E-state index contributed by atoms with van der Waals surface area (Å²) in [5.74, 6) is -0.102. The fourth-order valence-electron chi connectivity index (χ4n) is 2.25. The molecule has 22 heavy (non-hydrogen) atoms. The molecule has 0 unspecified atom stereocenters. The van der Waals surface area contributed by atoms with Gasteiger partial charge in [-0.3, -0.25) is 4.79 Å². The zero-order valence-corrected chi connectivity index (χ0v) is 11.6. The summed E-state index contributed by atoms with van der Waals surface area (Å²) in [7, 11) is 0. The molecule has 0 radical (unpaired) electrons. The van der Waals surface area contributed by atoms with Gasteiger partial charge in [0.25, 0.3) is 0 Å². The van der Waals surface area contributed by atoms with Crippen LogP contribution in [0.1, 0.15) is 11.4 Å². The number of aromatic nitrogens is 2. The SMILES string of the molecule is O=C(CO)Nc1ccc2nc(Cc3ccccc3F)[nH]c2c1. The number of nitrogens with zero attached hydrogens (tertiary/aromatic N) is 1. The highest BCUT2D eigenvalue weighted by molar-refractivity contribution is 5.93. The number of rotatable bonds is 4. The van der Waals surface area contributed by atoms with Crippen molar-refractivity contribution in [3.63, 3.8) is 0 Å². The molecule has 5 nitrogen and oxygen atoms in total. The fourth-order valence-corrected chi connectivity index (χ4v) is 2.25. The lowest BCUT2D eigenvalue weighted by Gasteiger charge is -2.01. The summed E-state index contributed by atoms with van der Waals surface area (Å²) in [4.78, 5) is 18.7. The lowest BCUT2D eigenvalue weighted by atomic mass is 10.1. The van der Waals surface area contributed by atoms with Crippen molar-refractivity contribution in [2.24, 2.45) is 0 Å². The first kappa shape index (κ1) is 14.2. The third-order valence-electron chi connectivity index (χ3n) is 3.27. The second-order valence-corrected chi connectivity index (χ2v) is 4.89. The van der Waals surface area contributed by atoms with E-state index >= 15 is 0 Å². The van der Waals surface area contributed by atoms with Crippen LogP contribution in [-0.2, 0) is 11.2 Å². The largest absolute Gasteiger partial charge is 0.387 e. The Morgan fingerprint density at radius 1 is 1.27 bits per heavy atom. The van der Waals surface area contributed by atoms with E-state index in [0.717, 1.165) is 11.0 Å². The van der Waals surface area contributed by atoms with E-state index in [1.807, 2.05) is 0 Å². The summed E-state index contributed by atoms with van der Waals surface area (Å²) < 4.78 is 13.7. The maximum Gasteiger partial charge on any atom is 0.250 e. The van der Waals surface area contributed by atoms with Gasteiger partial charge in [-0.15, -0.1) is 0 Å². The number of imidazole rings is 1. The smallest absolute Gasteiger partial charge is 0.250 e. The molecule has 6 heteroatoms. The molecular formula is C16H14FN3O2. The molecule has 3 aromatic rings. The molecule has 112 valence electrons. The molecule has 0 saturated carbocycles. The number of amides is 1. The average molecular weight is 299 g/mol. The highest BCUT2D eigenvalue weighted by Crippen LogP contribution is 2.19. The molecule has 0 fully saturated rings. The Hall–Kier alpha value is -2.73. The number of H-pyrrole nitrogens is 1. The number of aliphatic hydroxyl groups is 1. The van der Waals surface area contributed by atoms with E-state index in [4.69, 9.17) is 5.11 Å². The first-order valence-electron chi connectivity index (χ1n) is 6.78. The second kappa shape index (κ2) is 5.95. The fraction of sp³-hybridized carbons (Fsp3) is 0.125. The molecular weight excluding hydrogens is 285 g/mol. The number of aliphatic hydroxyl groups excluding tert-OH is 1. The minimum Gasteiger partial charge on any atom is -0.387 e. The van der Waals surface area contributed by atoms with Crippen LogP contribution in [0.4, 0.5) is 10.1 Å². The number of hydrogen-bond donors (Lipinski definition) is 3. The van der Waals surface area contributed by atoms with Gasteiger partial charge in [0.1, 0.15) is 18.2 Å². The molecule has 0 atom stereocenters. The van der Waals surface area contributed by atoms with Gasteiger partial charge in [0.05, 0.1) is 11.0 Å². The number of halogens is 1. The highest BCUT2D eigenvalue weighted by Gasteiger charge is 2.08. The van der Waals surface area contributed by atoms with E-state index in [1.54, 1.807) is 36.4 Å². The van der Waals surface area contributed by atoms with E-state index in [0.29, 0.717) is 23.5 Å². The molecule has 0 aliphatic heterocycles. The summed E-state index contributed by atoms with van der Waals surface area (Å²) in [6, 6.07) is 11.7. The van der Waals surface area contributed by atoms with Gasteiger partial charge in [-0.25, -0.2) is 9.37 Å². The van der Waals surface area contributed by atoms with Gasteiger partial charge in [0.15, 0.2) is 0 Å². The number of aromatic amines is 1. The van der Waals surface area contributed by atoms with Crippen molar-refractivity contribution in [1.29, 1.82) is 0 Å². The maximum atomic E-state index is 13.7. The zero-order valence-electron chi connectivity index (χ0n) is 11.6. The van der Waals surface area contributed by atoms with Crippen LogP contribution in [0.15, 0.2) is 42.5 Å². The van der Waals surface area contributed by atoms with Crippen molar-refractivity contribution < 1.29 is 14.3 Å². The molecule has 1 amide bonds. The van der Waals surface area contributed by atoms with E-state index in [2.05, 4.69) is 15.3 Å². The van der Waals surface area contributed by atoms with Crippen LogP contribution in [0, 0.1) is 5.82 Å². The van der Waals surface area contributed by atoms with Crippen LogP contribution in [-0.4, -0.2) is 27.6 Å². The topological polar surface area (TPSA) is 78.0 Å². The number of carbonyl (C=O) groups is 1. The van der Waals surface area contributed by atoms with Crippen molar-refractivity contribution in [2.75, 3.05) is 11.9 Å². The van der Waals surface area contributed by atoms with Gasteiger partial charge in [-0.2, -0.15) is 0 Å². The van der Waals surface area contributed by atoms with Gasteiger partial charge in [-0.1, -0.05) is 18.2 Å². The normalized spacial score (nSPS) is 10.8. The molecule has 2 aromatic carbocycles. The molecule has 3 N–H and O–H groups in total. The second-order valence-electron chi connectivity index (χ2n) is 4.89. The number of carbonyl (C=O) groups excluding carboxylic acids is 1. The summed E-state index contributed by atoms with van der Waals surface area (Å²) >= 11 is 0. The molecule has 1 aromatic heterocycles. The maximum absolute atomic E-state index is 13.7. The Kier molecular flexibility index (Phi) is 3.84. The molecule has 0 bridgehead atoms. The van der Waals surface area contributed by atoms with Crippen molar-refractivity contribution >= 4 is 22.6 Å². The van der Waals surface area contributed by atoms with Crippen LogP contribution in [0.3, 0.4) is 0 Å². The Morgan fingerprint density at radius 2 is 2.09 bits per heavy atom. The zero-order chi connectivity index (χ0) is 15.5. The minimum absolute atomic E-state index is 0.265. The van der Waals surface area contributed by atoms with Gasteiger partial charge in [-0.05, 0) is 29.8 Å². The Labute approximate surface area is 125 Å². The lowest BCUT2D eigenvalue weighted by molar-refractivity contribution is -0.118. The van der Waals surface area contributed by atoms with Crippen molar-refractivity contribution in [3.8, 4) is 0 Å². The third-order valence-corrected chi connectivity index (χ3v) is 3.27.